The van der Waals surface area contributed by atoms with E-state index in [9.17, 15) is 9.90 Å². The monoisotopic (exact) mass is 192 g/mol. The number of ketones is 1. The fraction of sp³-hybridized carbons (Fsp3) is 0.583. The Bertz CT molecular complexity index is 295. The molecule has 0 bridgehead atoms. The smallest absolute Gasteiger partial charge is 0.172 e. The van der Waals surface area contributed by atoms with Gasteiger partial charge in [0.2, 0.25) is 0 Å². The number of aliphatic hydroxyl groups is 1. The van der Waals surface area contributed by atoms with Gasteiger partial charge >= 0.3 is 0 Å². The summed E-state index contributed by atoms with van der Waals surface area (Å²) in [6.45, 7) is 5.27. The molecule has 2 nitrogen and oxygen atoms in total. The van der Waals surface area contributed by atoms with Gasteiger partial charge in [-0.3, -0.25) is 4.79 Å². The summed E-state index contributed by atoms with van der Waals surface area (Å²) in [7, 11) is 0. The Morgan fingerprint density at radius 3 is 3.07 bits per heavy atom. The van der Waals surface area contributed by atoms with Crippen LogP contribution in [0.2, 0.25) is 0 Å². The molecule has 0 aromatic rings. The number of hydrogen-bond donors (Lipinski definition) is 1. The van der Waals surface area contributed by atoms with Crippen LogP contribution in [-0.2, 0) is 4.79 Å². The van der Waals surface area contributed by atoms with Crippen LogP contribution in [0.25, 0.3) is 0 Å². The summed E-state index contributed by atoms with van der Waals surface area (Å²) >= 11 is 0. The second-order valence-electron chi connectivity index (χ2n) is 3.71. The third-order valence-corrected chi connectivity index (χ3v) is 2.77. The Morgan fingerprint density at radius 2 is 2.50 bits per heavy atom. The lowest BCUT2D eigenvalue weighted by Gasteiger charge is -2.32. The molecule has 0 unspecified atom stereocenters. The molecular weight excluding hydrogens is 176 g/mol. The highest BCUT2D eigenvalue weighted by molar-refractivity contribution is 5.91. The molecule has 0 heterocycles. The van der Waals surface area contributed by atoms with E-state index in [1.165, 1.54) is 6.08 Å². The Labute approximate surface area is 85.0 Å². The van der Waals surface area contributed by atoms with E-state index in [-0.39, 0.29) is 11.7 Å². The van der Waals surface area contributed by atoms with E-state index in [4.69, 9.17) is 0 Å². The molecular formula is C12H16O2. The first-order valence-electron chi connectivity index (χ1n) is 4.94. The SMILES string of the molecule is C=C[C@@]1(O)CCC[C@@H](CC#CC)C1=O. The zero-order valence-electron chi connectivity index (χ0n) is 8.55. The van der Waals surface area contributed by atoms with Crippen molar-refractivity contribution < 1.29 is 9.90 Å². The summed E-state index contributed by atoms with van der Waals surface area (Å²) in [6, 6.07) is 0. The van der Waals surface area contributed by atoms with Crippen molar-refractivity contribution in [1.29, 1.82) is 0 Å². The number of carbonyl (C=O) groups excluding carboxylic acids is 1. The van der Waals surface area contributed by atoms with Crippen LogP contribution in [0.15, 0.2) is 12.7 Å². The number of carbonyl (C=O) groups is 1. The molecule has 0 spiro atoms. The molecule has 1 aliphatic rings. The van der Waals surface area contributed by atoms with E-state index >= 15 is 0 Å². The van der Waals surface area contributed by atoms with Gasteiger partial charge in [-0.15, -0.1) is 11.8 Å². The molecule has 76 valence electrons. The van der Waals surface area contributed by atoms with Gasteiger partial charge in [-0.25, -0.2) is 0 Å². The molecule has 1 N–H and O–H groups in total. The lowest BCUT2D eigenvalue weighted by atomic mass is 9.76. The topological polar surface area (TPSA) is 37.3 Å². The number of rotatable bonds is 2. The molecule has 0 aromatic carbocycles. The minimum absolute atomic E-state index is 0.110. The second-order valence-corrected chi connectivity index (χ2v) is 3.71. The highest BCUT2D eigenvalue weighted by Gasteiger charge is 2.40. The maximum atomic E-state index is 11.8. The van der Waals surface area contributed by atoms with Gasteiger partial charge in [-0.05, 0) is 26.2 Å². The third-order valence-electron chi connectivity index (χ3n) is 2.77. The van der Waals surface area contributed by atoms with E-state index < -0.39 is 5.60 Å². The molecule has 0 aliphatic heterocycles. The molecule has 2 heteroatoms. The lowest BCUT2D eigenvalue weighted by Crippen LogP contribution is -2.44. The Morgan fingerprint density at radius 1 is 1.79 bits per heavy atom. The van der Waals surface area contributed by atoms with E-state index in [1.54, 1.807) is 6.92 Å². The average Bonchev–Trinajstić information content (AvgIpc) is 2.20. The fourth-order valence-electron chi connectivity index (χ4n) is 1.85. The van der Waals surface area contributed by atoms with Gasteiger partial charge in [0.15, 0.2) is 5.78 Å². The van der Waals surface area contributed by atoms with Crippen LogP contribution in [0.3, 0.4) is 0 Å². The Hall–Kier alpha value is -1.07. The standard InChI is InChI=1S/C12H16O2/c1-3-5-7-10-8-6-9-12(14,4-2)11(10)13/h4,10,14H,2,6-9H2,1H3/t10-,12-/m1/s1. The van der Waals surface area contributed by atoms with Crippen molar-refractivity contribution in [2.75, 3.05) is 0 Å². The highest BCUT2D eigenvalue weighted by Crippen LogP contribution is 2.31. The lowest BCUT2D eigenvalue weighted by molar-refractivity contribution is -0.140. The van der Waals surface area contributed by atoms with Gasteiger partial charge in [-0.2, -0.15) is 0 Å². The number of Topliss-reactive ketones (excluding diaryl/α,β-unsaturated/α-hetero) is 1. The normalized spacial score (nSPS) is 31.9. The quantitative estimate of drug-likeness (QED) is 0.534. The first-order valence-corrected chi connectivity index (χ1v) is 4.94. The molecule has 1 rings (SSSR count). The zero-order valence-corrected chi connectivity index (χ0v) is 8.55. The van der Waals surface area contributed by atoms with Crippen molar-refractivity contribution in [2.24, 2.45) is 5.92 Å². The van der Waals surface area contributed by atoms with Gasteiger partial charge in [0.25, 0.3) is 0 Å². The van der Waals surface area contributed by atoms with Crippen LogP contribution in [-0.4, -0.2) is 16.5 Å². The van der Waals surface area contributed by atoms with Crippen molar-refractivity contribution in [1.82, 2.24) is 0 Å². The first-order chi connectivity index (χ1) is 6.64. The van der Waals surface area contributed by atoms with Gasteiger partial charge in [0.05, 0.1) is 0 Å². The Balaban J connectivity index is 2.74. The third kappa shape index (κ3) is 2.05. The average molecular weight is 192 g/mol. The van der Waals surface area contributed by atoms with Crippen LogP contribution < -0.4 is 0 Å². The predicted octanol–water partition coefficient (Wildman–Crippen LogP) is 1.69. The van der Waals surface area contributed by atoms with Crippen LogP contribution in [0, 0.1) is 17.8 Å². The number of hydrogen-bond acceptors (Lipinski definition) is 2. The van der Waals surface area contributed by atoms with Gasteiger partial charge in [0.1, 0.15) is 5.60 Å². The molecule has 2 atom stereocenters. The molecule has 14 heavy (non-hydrogen) atoms. The van der Waals surface area contributed by atoms with Crippen LogP contribution in [0.5, 0.6) is 0 Å². The molecule has 0 saturated heterocycles. The molecule has 1 aliphatic carbocycles. The minimum Gasteiger partial charge on any atom is -0.378 e. The maximum absolute atomic E-state index is 11.8. The highest BCUT2D eigenvalue weighted by atomic mass is 16.3. The van der Waals surface area contributed by atoms with Gasteiger partial charge < -0.3 is 5.11 Å². The van der Waals surface area contributed by atoms with E-state index in [0.29, 0.717) is 12.8 Å². The largest absolute Gasteiger partial charge is 0.378 e. The van der Waals surface area contributed by atoms with Crippen LogP contribution in [0.4, 0.5) is 0 Å². The van der Waals surface area contributed by atoms with E-state index in [0.717, 1.165) is 12.8 Å². The van der Waals surface area contributed by atoms with Gasteiger partial charge in [-0.1, -0.05) is 12.7 Å². The molecule has 1 fully saturated rings. The molecule has 1 saturated carbocycles. The van der Waals surface area contributed by atoms with Crippen molar-refractivity contribution in [3.63, 3.8) is 0 Å². The summed E-state index contributed by atoms with van der Waals surface area (Å²) in [4.78, 5) is 11.8. The van der Waals surface area contributed by atoms with Crippen molar-refractivity contribution in [3.8, 4) is 11.8 Å². The minimum atomic E-state index is -1.29. The Kier molecular flexibility index (Phi) is 3.49. The maximum Gasteiger partial charge on any atom is 0.172 e. The van der Waals surface area contributed by atoms with E-state index in [1.807, 2.05) is 0 Å². The fourth-order valence-corrected chi connectivity index (χ4v) is 1.85. The summed E-state index contributed by atoms with van der Waals surface area (Å²) in [5.74, 6) is 5.44. The van der Waals surface area contributed by atoms with Crippen LogP contribution in [0.1, 0.15) is 32.6 Å². The molecule has 0 radical (unpaired) electrons. The van der Waals surface area contributed by atoms with Gasteiger partial charge in [0, 0.05) is 12.3 Å². The van der Waals surface area contributed by atoms with Crippen molar-refractivity contribution in [3.05, 3.63) is 12.7 Å². The summed E-state index contributed by atoms with van der Waals surface area (Å²) in [5.41, 5.74) is -1.29. The van der Waals surface area contributed by atoms with Crippen molar-refractivity contribution >= 4 is 5.78 Å². The zero-order chi connectivity index (χ0) is 10.6. The molecule has 0 amide bonds. The summed E-state index contributed by atoms with van der Waals surface area (Å²) in [6.07, 6.45) is 4.13. The predicted molar refractivity (Wildman–Crippen MR) is 55.6 cm³/mol. The summed E-state index contributed by atoms with van der Waals surface area (Å²) in [5, 5.41) is 9.90. The second kappa shape index (κ2) is 4.43. The molecule has 0 aromatic heterocycles. The first kappa shape index (κ1) is 11.0. The van der Waals surface area contributed by atoms with E-state index in [2.05, 4.69) is 18.4 Å². The van der Waals surface area contributed by atoms with Crippen LogP contribution >= 0.6 is 0 Å². The van der Waals surface area contributed by atoms with Crippen molar-refractivity contribution in [2.45, 2.75) is 38.2 Å². The summed E-state index contributed by atoms with van der Waals surface area (Å²) < 4.78 is 0.